The van der Waals surface area contributed by atoms with E-state index in [9.17, 15) is 18.7 Å². The van der Waals surface area contributed by atoms with Gasteiger partial charge in [0.2, 0.25) is 5.91 Å². The lowest BCUT2D eigenvalue weighted by Gasteiger charge is -2.26. The third-order valence-electron chi connectivity index (χ3n) is 6.90. The van der Waals surface area contributed by atoms with Crippen LogP contribution in [0.4, 0.5) is 8.78 Å². The number of hydrogen-bond acceptors (Lipinski definition) is 2. The van der Waals surface area contributed by atoms with E-state index in [2.05, 4.69) is 0 Å². The van der Waals surface area contributed by atoms with Gasteiger partial charge in [-0.1, -0.05) is 0 Å². The fraction of sp³-hybridized carbons (Fsp3) is 0.632. The largest absolute Gasteiger partial charge is 0.391 e. The smallest absolute Gasteiger partial charge is 0.226 e. The van der Waals surface area contributed by atoms with Crippen LogP contribution in [0, 0.1) is 41.2 Å². The number of carbonyl (C=O) groups is 1. The fourth-order valence-electron chi connectivity index (χ4n) is 5.97. The van der Waals surface area contributed by atoms with E-state index in [0.717, 1.165) is 18.2 Å². The van der Waals surface area contributed by atoms with Crippen molar-refractivity contribution in [1.29, 1.82) is 0 Å². The second kappa shape index (κ2) is 5.01. The van der Waals surface area contributed by atoms with E-state index in [1.54, 1.807) is 4.90 Å². The van der Waals surface area contributed by atoms with Crippen LogP contribution in [0.3, 0.4) is 0 Å². The highest BCUT2D eigenvalue weighted by Crippen LogP contribution is 2.70. The van der Waals surface area contributed by atoms with E-state index in [-0.39, 0.29) is 30.4 Å². The molecule has 0 radical (unpaired) electrons. The Morgan fingerprint density at radius 2 is 1.83 bits per heavy atom. The lowest BCUT2D eigenvalue weighted by molar-refractivity contribution is -0.135. The summed E-state index contributed by atoms with van der Waals surface area (Å²) in [5, 5.41) is 10.1. The fourth-order valence-corrected chi connectivity index (χ4v) is 5.97. The van der Waals surface area contributed by atoms with E-state index in [1.807, 2.05) is 0 Å². The number of halogens is 2. The minimum atomic E-state index is -0.670. The molecule has 3 aliphatic carbocycles. The highest BCUT2D eigenvalue weighted by Gasteiger charge is 2.68. The summed E-state index contributed by atoms with van der Waals surface area (Å²) in [5.41, 5.74) is 0.189. The molecule has 3 saturated carbocycles. The predicted molar refractivity (Wildman–Crippen MR) is 82.7 cm³/mol. The summed E-state index contributed by atoms with van der Waals surface area (Å²) < 4.78 is 27.7. The number of fused-ring (bicyclic) bond motifs is 5. The van der Waals surface area contributed by atoms with Gasteiger partial charge in [-0.15, -0.1) is 0 Å². The van der Waals surface area contributed by atoms with E-state index >= 15 is 0 Å². The van der Waals surface area contributed by atoms with Crippen LogP contribution in [0.15, 0.2) is 18.2 Å². The van der Waals surface area contributed by atoms with Gasteiger partial charge in [0.15, 0.2) is 0 Å². The molecule has 0 aromatic heterocycles. The second-order valence-corrected chi connectivity index (χ2v) is 8.08. The third kappa shape index (κ3) is 2.00. The molecule has 1 aromatic carbocycles. The van der Waals surface area contributed by atoms with Crippen LogP contribution in [0.25, 0.3) is 0 Å². The van der Waals surface area contributed by atoms with E-state index in [4.69, 9.17) is 0 Å². The quantitative estimate of drug-likeness (QED) is 0.904. The zero-order valence-corrected chi connectivity index (χ0v) is 13.4. The minimum Gasteiger partial charge on any atom is -0.391 e. The van der Waals surface area contributed by atoms with Gasteiger partial charge < -0.3 is 10.0 Å². The summed E-state index contributed by atoms with van der Waals surface area (Å²) in [4.78, 5) is 14.7. The van der Waals surface area contributed by atoms with Gasteiger partial charge in [-0.05, 0) is 67.6 Å². The first-order chi connectivity index (χ1) is 11.5. The average Bonchev–Trinajstić information content (AvgIpc) is 2.87. The molecule has 24 heavy (non-hydrogen) atoms. The predicted octanol–water partition coefficient (Wildman–Crippen LogP) is 2.89. The van der Waals surface area contributed by atoms with E-state index < -0.39 is 23.8 Å². The van der Waals surface area contributed by atoms with Gasteiger partial charge in [-0.2, -0.15) is 0 Å². The Morgan fingerprint density at radius 1 is 1.12 bits per heavy atom. The normalized spacial score (nSPS) is 42.5. The maximum atomic E-state index is 14.2. The zero-order valence-electron chi connectivity index (χ0n) is 13.4. The number of nitrogens with zero attached hydrogens (tertiary/aromatic N) is 1. The minimum absolute atomic E-state index is 0.0480. The van der Waals surface area contributed by atoms with Crippen LogP contribution in [0.5, 0.6) is 0 Å². The molecule has 1 saturated heterocycles. The molecule has 1 N–H and O–H groups in total. The standard InChI is InChI=1S/C19H21F2NO2/c20-11-3-4-14(21)13(6-11)15-7-12(23)8-22(15)19(24)18-16-9-1-2-10(5-9)17(16)18/h3-4,6,9-10,12,15-18,23H,1-2,5,7-8H2. The average molecular weight is 333 g/mol. The SMILES string of the molecule is O=C(C1C2C3CCC(C3)C12)N1CC(O)CC1c1cc(F)ccc1F. The first-order valence-electron chi connectivity index (χ1n) is 8.98. The summed E-state index contributed by atoms with van der Waals surface area (Å²) in [6, 6.07) is 2.79. The van der Waals surface area contributed by atoms with Gasteiger partial charge in [-0.25, -0.2) is 8.78 Å². The van der Waals surface area contributed by atoms with Gasteiger partial charge in [0.1, 0.15) is 11.6 Å². The molecule has 5 rings (SSSR count). The third-order valence-corrected chi connectivity index (χ3v) is 6.90. The molecule has 0 spiro atoms. The molecule has 1 aliphatic heterocycles. The zero-order chi connectivity index (χ0) is 16.6. The first kappa shape index (κ1) is 14.8. The van der Waals surface area contributed by atoms with Crippen molar-refractivity contribution in [1.82, 2.24) is 4.90 Å². The molecule has 3 nitrogen and oxygen atoms in total. The Labute approximate surface area is 139 Å². The number of hydrogen-bond donors (Lipinski definition) is 1. The van der Waals surface area contributed by atoms with Crippen LogP contribution in [0.2, 0.25) is 0 Å². The van der Waals surface area contributed by atoms with Crippen LogP contribution in [0.1, 0.15) is 37.3 Å². The van der Waals surface area contributed by atoms with Gasteiger partial charge in [0, 0.05) is 18.0 Å². The Morgan fingerprint density at radius 3 is 2.54 bits per heavy atom. The van der Waals surface area contributed by atoms with Crippen molar-refractivity contribution in [2.75, 3.05) is 6.54 Å². The molecule has 4 aliphatic rings. The maximum Gasteiger partial charge on any atom is 0.226 e. The summed E-state index contributed by atoms with van der Waals surface area (Å²) in [6.45, 7) is 0.227. The lowest BCUT2D eigenvalue weighted by Crippen LogP contribution is -2.35. The van der Waals surface area contributed by atoms with Crippen molar-refractivity contribution in [2.24, 2.45) is 29.6 Å². The number of β-amino-alcohol motifs (C(OH)–C–C–N with tert-alkyl or cyclic N) is 1. The lowest BCUT2D eigenvalue weighted by atomic mass is 9.99. The van der Waals surface area contributed by atoms with Crippen LogP contribution < -0.4 is 0 Å². The summed E-state index contributed by atoms with van der Waals surface area (Å²) >= 11 is 0. The highest BCUT2D eigenvalue weighted by molar-refractivity contribution is 5.83. The Balaban J connectivity index is 1.42. The van der Waals surface area contributed by atoms with Crippen molar-refractivity contribution in [3.8, 4) is 0 Å². The molecule has 1 aromatic rings. The van der Waals surface area contributed by atoms with Gasteiger partial charge in [0.05, 0.1) is 12.1 Å². The van der Waals surface area contributed by atoms with Crippen molar-refractivity contribution in [3.63, 3.8) is 0 Å². The molecule has 128 valence electrons. The highest BCUT2D eigenvalue weighted by atomic mass is 19.1. The van der Waals surface area contributed by atoms with Crippen molar-refractivity contribution < 1.29 is 18.7 Å². The first-order valence-corrected chi connectivity index (χ1v) is 8.98. The van der Waals surface area contributed by atoms with E-state index in [0.29, 0.717) is 23.7 Å². The molecule has 2 bridgehead atoms. The summed E-state index contributed by atoms with van der Waals surface area (Å²) in [5.74, 6) is 1.47. The number of aliphatic hydroxyl groups is 1. The number of likely N-dealkylation sites (tertiary alicyclic amines) is 1. The van der Waals surface area contributed by atoms with Crippen molar-refractivity contribution in [3.05, 3.63) is 35.4 Å². The van der Waals surface area contributed by atoms with Crippen LogP contribution in [-0.2, 0) is 4.79 Å². The van der Waals surface area contributed by atoms with Gasteiger partial charge in [-0.3, -0.25) is 4.79 Å². The van der Waals surface area contributed by atoms with Gasteiger partial charge in [0.25, 0.3) is 0 Å². The molecule has 5 heteroatoms. The summed E-state index contributed by atoms with van der Waals surface area (Å²) in [6.07, 6.45) is 3.35. The van der Waals surface area contributed by atoms with Crippen molar-refractivity contribution >= 4 is 5.91 Å². The number of benzene rings is 1. The molecule has 1 amide bonds. The molecule has 6 unspecified atom stereocenters. The number of amides is 1. The number of aliphatic hydroxyl groups excluding tert-OH is 1. The molecule has 1 heterocycles. The topological polar surface area (TPSA) is 40.5 Å². The number of rotatable bonds is 2. The molecular formula is C19H21F2NO2. The van der Waals surface area contributed by atoms with Crippen LogP contribution in [-0.4, -0.2) is 28.6 Å². The van der Waals surface area contributed by atoms with E-state index in [1.165, 1.54) is 19.3 Å². The molecular weight excluding hydrogens is 312 g/mol. The van der Waals surface area contributed by atoms with Gasteiger partial charge >= 0.3 is 0 Å². The Bertz CT molecular complexity index is 693. The molecule has 4 fully saturated rings. The Hall–Kier alpha value is -1.49. The monoisotopic (exact) mass is 333 g/mol. The Kier molecular flexibility index (Phi) is 3.09. The maximum absolute atomic E-state index is 14.2. The number of carbonyl (C=O) groups excluding carboxylic acids is 1. The molecule has 6 atom stereocenters. The summed E-state index contributed by atoms with van der Waals surface area (Å²) in [7, 11) is 0. The van der Waals surface area contributed by atoms with Crippen LogP contribution >= 0.6 is 0 Å². The van der Waals surface area contributed by atoms with Crippen molar-refractivity contribution in [2.45, 2.75) is 37.8 Å². The second-order valence-electron chi connectivity index (χ2n) is 8.08.